The van der Waals surface area contributed by atoms with E-state index in [0.29, 0.717) is 11.3 Å². The van der Waals surface area contributed by atoms with E-state index in [0.717, 1.165) is 6.42 Å². The molecule has 1 aromatic carbocycles. The van der Waals surface area contributed by atoms with Crippen LogP contribution in [0.15, 0.2) is 34.3 Å². The molecule has 1 atom stereocenters. The molecule has 3 rings (SSSR count). The van der Waals surface area contributed by atoms with Crippen molar-refractivity contribution >= 4 is 23.5 Å². The van der Waals surface area contributed by atoms with Crippen LogP contribution in [0.3, 0.4) is 0 Å². The average Bonchev–Trinajstić information content (AvgIpc) is 3.00. The Morgan fingerprint density at radius 2 is 1.90 bits per heavy atom. The second-order valence-corrected chi connectivity index (χ2v) is 10.00. The van der Waals surface area contributed by atoms with Gasteiger partial charge >= 0.3 is 5.97 Å². The first kappa shape index (κ1) is 23.0. The molecule has 7 heteroatoms. The van der Waals surface area contributed by atoms with Gasteiger partial charge in [-0.05, 0) is 57.7 Å². The first-order valence-corrected chi connectivity index (χ1v) is 10.5. The number of aliphatic imine (C=N–C) groups is 1. The van der Waals surface area contributed by atoms with Gasteiger partial charge in [0, 0.05) is 18.2 Å². The third-order valence-corrected chi connectivity index (χ3v) is 5.45. The van der Waals surface area contributed by atoms with Crippen LogP contribution in [0, 0.1) is 11.2 Å². The van der Waals surface area contributed by atoms with E-state index in [1.165, 1.54) is 23.1 Å². The van der Waals surface area contributed by atoms with Gasteiger partial charge in [-0.25, -0.2) is 14.2 Å². The molecule has 2 aliphatic heterocycles. The summed E-state index contributed by atoms with van der Waals surface area (Å²) in [6.45, 7) is 13.8. The number of benzene rings is 1. The fourth-order valence-electron chi connectivity index (χ4n) is 4.75. The number of rotatable bonds is 4. The maximum absolute atomic E-state index is 14.2. The van der Waals surface area contributed by atoms with Gasteiger partial charge in [0.15, 0.2) is 0 Å². The fourth-order valence-corrected chi connectivity index (χ4v) is 4.75. The summed E-state index contributed by atoms with van der Waals surface area (Å²) in [6.07, 6.45) is 0.751. The Morgan fingerprint density at radius 3 is 2.48 bits per heavy atom. The van der Waals surface area contributed by atoms with Crippen molar-refractivity contribution in [3.63, 3.8) is 0 Å². The monoisotopic (exact) mass is 430 g/mol. The largest absolute Gasteiger partial charge is 0.462 e. The lowest BCUT2D eigenvalue weighted by molar-refractivity contribution is -0.144. The van der Waals surface area contributed by atoms with Gasteiger partial charge in [-0.3, -0.25) is 4.79 Å². The quantitative estimate of drug-likeness (QED) is 0.659. The summed E-state index contributed by atoms with van der Waals surface area (Å²) in [4.78, 5) is 32.7. The maximum atomic E-state index is 14.2. The molecule has 0 bridgehead atoms. The van der Waals surface area contributed by atoms with Gasteiger partial charge in [-0.1, -0.05) is 20.8 Å². The number of carbonyl (C=O) groups excluding carboxylic acids is 2. The molecule has 0 aromatic heterocycles. The molecule has 2 aliphatic rings. The highest BCUT2D eigenvalue weighted by molar-refractivity contribution is 6.20. The van der Waals surface area contributed by atoms with Crippen molar-refractivity contribution in [2.45, 2.75) is 66.0 Å². The second kappa shape index (κ2) is 7.46. The number of ether oxygens (including phenoxy) is 2. The van der Waals surface area contributed by atoms with E-state index >= 15 is 0 Å². The zero-order valence-corrected chi connectivity index (χ0v) is 19.6. The van der Waals surface area contributed by atoms with E-state index in [1.54, 1.807) is 20.9 Å². The van der Waals surface area contributed by atoms with Crippen LogP contribution >= 0.6 is 0 Å². The lowest BCUT2D eigenvalue weighted by Crippen LogP contribution is -2.43. The molecule has 0 fully saturated rings. The van der Waals surface area contributed by atoms with E-state index in [9.17, 15) is 14.0 Å². The number of likely N-dealkylation sites (N-methyl/N-ethyl adjacent to an activating group) is 1. The van der Waals surface area contributed by atoms with E-state index in [-0.39, 0.29) is 29.1 Å². The number of hydrogen-bond acceptors (Lipinski definition) is 5. The Labute approximate surface area is 183 Å². The second-order valence-electron chi connectivity index (χ2n) is 10.00. The third kappa shape index (κ3) is 3.86. The summed E-state index contributed by atoms with van der Waals surface area (Å²) in [5.74, 6) is -1.47. The predicted molar refractivity (Wildman–Crippen MR) is 117 cm³/mol. The Hall–Kier alpha value is -2.70. The Balaban J connectivity index is 2.24. The molecule has 31 heavy (non-hydrogen) atoms. The molecular weight excluding hydrogens is 399 g/mol. The zero-order valence-electron chi connectivity index (χ0n) is 19.6. The molecule has 6 nitrogen and oxygen atoms in total. The lowest BCUT2D eigenvalue weighted by atomic mass is 9.82. The Morgan fingerprint density at radius 1 is 1.26 bits per heavy atom. The van der Waals surface area contributed by atoms with Crippen molar-refractivity contribution in [2.75, 3.05) is 18.6 Å². The van der Waals surface area contributed by atoms with Crippen LogP contribution < -0.4 is 4.90 Å². The van der Waals surface area contributed by atoms with Crippen LogP contribution in [0.2, 0.25) is 0 Å². The molecule has 1 aromatic rings. The molecule has 2 heterocycles. The molecular formula is C24H31FN2O4. The summed E-state index contributed by atoms with van der Waals surface area (Å²) < 4.78 is 25.7. The number of hydrogen-bond donors (Lipinski definition) is 0. The highest BCUT2D eigenvalue weighted by Gasteiger charge is 2.62. The summed E-state index contributed by atoms with van der Waals surface area (Å²) in [5, 5.41) is 0. The number of carbonyl (C=O) groups is 2. The molecule has 168 valence electrons. The number of esters is 1. The highest BCUT2D eigenvalue weighted by atomic mass is 19.1. The van der Waals surface area contributed by atoms with Gasteiger partial charge in [0.1, 0.15) is 11.4 Å². The molecule has 1 unspecified atom stereocenters. The standard InChI is InChI=1S/C24H31FN2O4/c1-9-30-20(28)18-14(2)19(26-23(6,7)13-22(3,4)5)31-24(18)16-12-15(25)10-11-17(16)27(8)21(24)29/h10-12H,9,13H2,1-8H3. The van der Waals surface area contributed by atoms with Gasteiger partial charge < -0.3 is 14.4 Å². The first-order chi connectivity index (χ1) is 14.2. The fraction of sp³-hybridized carbons (Fsp3) is 0.542. The number of fused-ring (bicyclic) bond motifs is 2. The highest BCUT2D eigenvalue weighted by Crippen LogP contribution is 2.52. The maximum Gasteiger partial charge on any atom is 0.339 e. The molecule has 1 spiro atoms. The SMILES string of the molecule is CCOC(=O)C1=C(C)C(=NC(C)(C)CC(C)(C)C)OC12C(=O)N(C)c1ccc(F)cc12. The number of halogens is 1. The van der Waals surface area contributed by atoms with Crippen molar-refractivity contribution < 1.29 is 23.5 Å². The molecule has 0 aliphatic carbocycles. The molecule has 1 amide bonds. The van der Waals surface area contributed by atoms with Crippen LogP contribution in [0.25, 0.3) is 0 Å². The van der Waals surface area contributed by atoms with Gasteiger partial charge in [-0.15, -0.1) is 0 Å². The topological polar surface area (TPSA) is 68.2 Å². The minimum Gasteiger partial charge on any atom is -0.462 e. The van der Waals surface area contributed by atoms with Gasteiger partial charge in [0.05, 0.1) is 17.8 Å². The third-order valence-electron chi connectivity index (χ3n) is 5.45. The number of amides is 1. The van der Waals surface area contributed by atoms with Gasteiger partial charge in [0.2, 0.25) is 11.5 Å². The van der Waals surface area contributed by atoms with Crippen molar-refractivity contribution in [2.24, 2.45) is 10.4 Å². The molecule has 0 N–H and O–H groups in total. The van der Waals surface area contributed by atoms with Gasteiger partial charge in [-0.2, -0.15) is 0 Å². The zero-order chi connectivity index (χ0) is 23.4. The smallest absolute Gasteiger partial charge is 0.339 e. The Bertz CT molecular complexity index is 1000. The van der Waals surface area contributed by atoms with Crippen molar-refractivity contribution in [1.29, 1.82) is 0 Å². The first-order valence-electron chi connectivity index (χ1n) is 10.5. The van der Waals surface area contributed by atoms with Crippen LogP contribution in [0.1, 0.15) is 60.5 Å². The summed E-state index contributed by atoms with van der Waals surface area (Å²) in [7, 11) is 1.58. The van der Waals surface area contributed by atoms with Crippen molar-refractivity contribution in [3.8, 4) is 0 Å². The molecule has 0 saturated carbocycles. The van der Waals surface area contributed by atoms with E-state index < -0.39 is 28.8 Å². The van der Waals surface area contributed by atoms with Crippen LogP contribution in [0.4, 0.5) is 10.1 Å². The van der Waals surface area contributed by atoms with Crippen LogP contribution in [-0.4, -0.2) is 37.0 Å². The van der Waals surface area contributed by atoms with Crippen LogP contribution in [-0.2, 0) is 24.7 Å². The predicted octanol–water partition coefficient (Wildman–Crippen LogP) is 4.52. The van der Waals surface area contributed by atoms with Gasteiger partial charge in [0.25, 0.3) is 5.91 Å². The number of nitrogens with zero attached hydrogens (tertiary/aromatic N) is 2. The van der Waals surface area contributed by atoms with Crippen LogP contribution in [0.5, 0.6) is 0 Å². The summed E-state index contributed by atoms with van der Waals surface area (Å²) in [5.41, 5.74) is -1.07. The van der Waals surface area contributed by atoms with E-state index in [1.807, 2.05) is 13.8 Å². The Kier molecular flexibility index (Phi) is 5.53. The number of anilines is 1. The normalized spacial score (nSPS) is 22.4. The lowest BCUT2D eigenvalue weighted by Gasteiger charge is -2.30. The van der Waals surface area contributed by atoms with Crippen molar-refractivity contribution in [1.82, 2.24) is 0 Å². The summed E-state index contributed by atoms with van der Waals surface area (Å²) in [6, 6.07) is 4.03. The average molecular weight is 431 g/mol. The summed E-state index contributed by atoms with van der Waals surface area (Å²) >= 11 is 0. The minimum atomic E-state index is -1.81. The minimum absolute atomic E-state index is 0.00453. The van der Waals surface area contributed by atoms with Crippen molar-refractivity contribution in [3.05, 3.63) is 40.7 Å². The van der Waals surface area contributed by atoms with E-state index in [4.69, 9.17) is 14.5 Å². The molecule has 0 saturated heterocycles. The van der Waals surface area contributed by atoms with E-state index in [2.05, 4.69) is 20.8 Å². The molecule has 0 radical (unpaired) electrons.